The van der Waals surface area contributed by atoms with Gasteiger partial charge >= 0.3 is 0 Å². The lowest BCUT2D eigenvalue weighted by atomic mass is 9.66. The number of unbranched alkanes of at least 4 members (excludes halogenated alkanes) is 16. The van der Waals surface area contributed by atoms with Crippen molar-refractivity contribution in [2.75, 3.05) is 0 Å². The van der Waals surface area contributed by atoms with E-state index in [4.69, 9.17) is 0 Å². The molecule has 2 unspecified atom stereocenters. The van der Waals surface area contributed by atoms with Crippen molar-refractivity contribution in [2.45, 2.75) is 167 Å². The lowest BCUT2D eigenvalue weighted by Crippen LogP contribution is -2.43. The molecule has 2 heteroatoms. The number of aromatic nitrogens is 2. The Balaban J connectivity index is 1.67. The highest BCUT2D eigenvalue weighted by atomic mass is 15.1. The molecule has 0 radical (unpaired) electrons. The van der Waals surface area contributed by atoms with Gasteiger partial charge in [0.2, 0.25) is 0 Å². The van der Waals surface area contributed by atoms with Crippen LogP contribution in [0.25, 0.3) is 0 Å². The van der Waals surface area contributed by atoms with Gasteiger partial charge in [0, 0.05) is 5.41 Å². The molecule has 1 N–H and O–H groups in total. The van der Waals surface area contributed by atoms with E-state index in [1.807, 2.05) is 0 Å². The van der Waals surface area contributed by atoms with Crippen LogP contribution in [0.2, 0.25) is 0 Å². The summed E-state index contributed by atoms with van der Waals surface area (Å²) >= 11 is 0. The van der Waals surface area contributed by atoms with E-state index in [1.54, 1.807) is 0 Å². The molecule has 3 rings (SSSR count). The Kier molecular flexibility index (Phi) is 17.5. The molecule has 43 heavy (non-hydrogen) atoms. The third kappa shape index (κ3) is 12.7. The molecular formula is C41H65N2+. The number of nitrogens with zero attached hydrogens (tertiary/aromatic N) is 1. The first-order valence-electron chi connectivity index (χ1n) is 18.3. The van der Waals surface area contributed by atoms with E-state index in [2.05, 4.69) is 103 Å². The SMILES string of the molecule is CCCCCCCCCCCCC[n+]1cc[nH]c1C(CCCCCCCCC)C(C)(Cc1ccccc1)c1ccccc1. The minimum absolute atomic E-state index is 0.00849. The molecule has 2 aromatic carbocycles. The van der Waals surface area contributed by atoms with Crippen molar-refractivity contribution in [3.8, 4) is 0 Å². The van der Waals surface area contributed by atoms with Crippen LogP contribution < -0.4 is 4.57 Å². The van der Waals surface area contributed by atoms with Gasteiger partial charge in [-0.3, -0.25) is 0 Å². The second-order valence-electron chi connectivity index (χ2n) is 13.5. The normalized spacial score (nSPS) is 13.7. The van der Waals surface area contributed by atoms with E-state index in [0.717, 1.165) is 13.0 Å². The summed E-state index contributed by atoms with van der Waals surface area (Å²) in [6.45, 7) is 8.27. The van der Waals surface area contributed by atoms with E-state index in [0.29, 0.717) is 5.92 Å². The van der Waals surface area contributed by atoms with E-state index >= 15 is 0 Å². The van der Waals surface area contributed by atoms with Crippen LogP contribution >= 0.6 is 0 Å². The molecule has 1 heterocycles. The largest absolute Gasteiger partial charge is 0.258 e. The number of aromatic amines is 1. The van der Waals surface area contributed by atoms with Gasteiger partial charge in [-0.05, 0) is 36.8 Å². The zero-order chi connectivity index (χ0) is 30.4. The molecule has 0 aliphatic carbocycles. The topological polar surface area (TPSA) is 19.7 Å². The maximum absolute atomic E-state index is 3.79. The zero-order valence-corrected chi connectivity index (χ0v) is 28.3. The third-order valence-corrected chi connectivity index (χ3v) is 9.84. The van der Waals surface area contributed by atoms with Gasteiger partial charge in [-0.25, -0.2) is 9.55 Å². The molecule has 0 amide bonds. The minimum atomic E-state index is 0.00849. The van der Waals surface area contributed by atoms with Crippen LogP contribution in [0, 0.1) is 0 Å². The standard InChI is InChI=1S/C41H64N2/c1-4-6-8-10-12-13-14-15-17-19-27-34-43-35-33-42-40(43)39(32-26-18-16-11-9-7-5-2)41(3,38-30-24-21-25-31-38)36-37-28-22-20-23-29-37/h20-25,28-31,33,35,39H,4-19,26-27,32,34,36H2,1-3H3/p+1. The molecule has 0 aliphatic heterocycles. The summed E-state index contributed by atoms with van der Waals surface area (Å²) in [6, 6.07) is 22.6. The van der Waals surface area contributed by atoms with Crippen LogP contribution in [0.1, 0.15) is 166 Å². The Labute approximate surface area is 266 Å². The van der Waals surface area contributed by atoms with E-state index in [-0.39, 0.29) is 5.41 Å². The average molecular weight is 586 g/mol. The number of benzene rings is 2. The number of imidazole rings is 1. The summed E-state index contributed by atoms with van der Waals surface area (Å²) in [5.74, 6) is 1.87. The number of rotatable bonds is 25. The highest BCUT2D eigenvalue weighted by Gasteiger charge is 2.41. The van der Waals surface area contributed by atoms with Gasteiger partial charge in [0.1, 0.15) is 12.4 Å². The van der Waals surface area contributed by atoms with Crippen LogP contribution in [-0.2, 0) is 18.4 Å². The van der Waals surface area contributed by atoms with Crippen LogP contribution in [0.4, 0.5) is 0 Å². The molecule has 0 saturated heterocycles. The number of nitrogens with one attached hydrogen (secondary N) is 1. The summed E-state index contributed by atoms with van der Waals surface area (Å²) in [7, 11) is 0. The molecule has 3 aromatic rings. The molecule has 0 aliphatic rings. The quantitative estimate of drug-likeness (QED) is 0.0753. The molecular weight excluding hydrogens is 520 g/mol. The highest BCUT2D eigenvalue weighted by Crippen LogP contribution is 2.43. The van der Waals surface area contributed by atoms with E-state index in [9.17, 15) is 0 Å². The Bertz CT molecular complexity index is 1060. The van der Waals surface area contributed by atoms with Crippen molar-refractivity contribution in [3.05, 3.63) is 90.0 Å². The maximum Gasteiger partial charge on any atom is 0.258 e. The predicted octanol–water partition coefficient (Wildman–Crippen LogP) is 12.0. The van der Waals surface area contributed by atoms with Gasteiger partial charge in [0.15, 0.2) is 0 Å². The fourth-order valence-electron chi connectivity index (χ4n) is 7.15. The van der Waals surface area contributed by atoms with Crippen LogP contribution in [0.15, 0.2) is 73.1 Å². The summed E-state index contributed by atoms with van der Waals surface area (Å²) in [6.07, 6.45) is 31.6. The van der Waals surface area contributed by atoms with Gasteiger partial charge in [-0.15, -0.1) is 0 Å². The summed E-state index contributed by atoms with van der Waals surface area (Å²) in [4.78, 5) is 3.79. The van der Waals surface area contributed by atoms with Crippen LogP contribution in [0.5, 0.6) is 0 Å². The van der Waals surface area contributed by atoms with Gasteiger partial charge in [0.05, 0.1) is 12.5 Å². The summed E-state index contributed by atoms with van der Waals surface area (Å²) in [5, 5.41) is 0. The second-order valence-corrected chi connectivity index (χ2v) is 13.5. The first kappa shape index (κ1) is 35.1. The summed E-state index contributed by atoms with van der Waals surface area (Å²) in [5.41, 5.74) is 2.90. The number of hydrogen-bond acceptors (Lipinski definition) is 0. The Hall–Kier alpha value is -2.35. The maximum atomic E-state index is 3.79. The van der Waals surface area contributed by atoms with Crippen molar-refractivity contribution in [3.63, 3.8) is 0 Å². The van der Waals surface area contributed by atoms with Crippen LogP contribution in [-0.4, -0.2) is 4.98 Å². The Morgan fingerprint density at radius 3 is 1.65 bits per heavy atom. The van der Waals surface area contributed by atoms with Crippen LogP contribution in [0.3, 0.4) is 0 Å². The number of hydrogen-bond donors (Lipinski definition) is 1. The molecule has 238 valence electrons. The predicted molar refractivity (Wildman–Crippen MR) is 187 cm³/mol. The molecule has 1 aromatic heterocycles. The molecule has 0 bridgehead atoms. The first-order valence-corrected chi connectivity index (χ1v) is 18.3. The molecule has 2 nitrogen and oxygen atoms in total. The van der Waals surface area contributed by atoms with Crippen molar-refractivity contribution in [1.29, 1.82) is 0 Å². The highest BCUT2D eigenvalue weighted by molar-refractivity contribution is 5.32. The number of H-pyrrole nitrogens is 1. The van der Waals surface area contributed by atoms with Crippen molar-refractivity contribution in [1.82, 2.24) is 4.98 Å². The fourth-order valence-corrected chi connectivity index (χ4v) is 7.15. The molecule has 0 saturated carbocycles. The summed E-state index contributed by atoms with van der Waals surface area (Å²) < 4.78 is 2.58. The Morgan fingerprint density at radius 2 is 1.09 bits per heavy atom. The van der Waals surface area contributed by atoms with E-state index in [1.165, 1.54) is 139 Å². The Morgan fingerprint density at radius 1 is 0.605 bits per heavy atom. The number of aryl methyl sites for hydroxylation is 1. The second kappa shape index (κ2) is 21.4. The molecule has 2 atom stereocenters. The smallest absolute Gasteiger partial charge is 0.247 e. The lowest BCUT2D eigenvalue weighted by molar-refractivity contribution is -0.705. The van der Waals surface area contributed by atoms with E-state index < -0.39 is 0 Å². The van der Waals surface area contributed by atoms with Gasteiger partial charge < -0.3 is 0 Å². The van der Waals surface area contributed by atoms with Gasteiger partial charge in [-0.2, -0.15) is 0 Å². The van der Waals surface area contributed by atoms with Crippen molar-refractivity contribution in [2.24, 2.45) is 0 Å². The van der Waals surface area contributed by atoms with Gasteiger partial charge in [0.25, 0.3) is 5.82 Å². The van der Waals surface area contributed by atoms with Crippen molar-refractivity contribution < 1.29 is 4.57 Å². The monoisotopic (exact) mass is 586 g/mol. The fraction of sp³-hybridized carbons (Fsp3) is 0.634. The first-order chi connectivity index (χ1) is 21.2. The molecule has 0 fully saturated rings. The zero-order valence-electron chi connectivity index (χ0n) is 28.3. The molecule has 0 spiro atoms. The average Bonchev–Trinajstić information content (AvgIpc) is 3.50. The van der Waals surface area contributed by atoms with Gasteiger partial charge in [-0.1, -0.05) is 184 Å². The van der Waals surface area contributed by atoms with Crippen molar-refractivity contribution >= 4 is 0 Å². The third-order valence-electron chi connectivity index (χ3n) is 9.84. The lowest BCUT2D eigenvalue weighted by Gasteiger charge is -2.37. The minimum Gasteiger partial charge on any atom is -0.247 e.